The molecule has 0 atom stereocenters. The van der Waals surface area contributed by atoms with Gasteiger partial charge in [-0.2, -0.15) is 0 Å². The van der Waals surface area contributed by atoms with Gasteiger partial charge in [0, 0.05) is 11.9 Å². The molecule has 3 heteroatoms. The highest BCUT2D eigenvalue weighted by atomic mass is 79.9. The summed E-state index contributed by atoms with van der Waals surface area (Å²) in [5, 5.41) is 0.910. The van der Waals surface area contributed by atoms with Crippen LogP contribution in [0, 0.1) is 0 Å². The van der Waals surface area contributed by atoms with E-state index >= 15 is 0 Å². The Morgan fingerprint density at radius 3 is 1.80 bits per heavy atom. The van der Waals surface area contributed by atoms with Gasteiger partial charge in [0.05, 0.1) is 0 Å². The third-order valence-corrected chi connectivity index (χ3v) is 0.567. The van der Waals surface area contributed by atoms with Crippen LogP contribution >= 0.6 is 15.9 Å². The van der Waals surface area contributed by atoms with E-state index < -0.39 is 0 Å². The Hall–Kier alpha value is 0.920. The first-order valence-electron chi connectivity index (χ1n) is 1.18. The molecule has 0 aliphatic rings. The van der Waals surface area contributed by atoms with Crippen LogP contribution in [0.15, 0.2) is 0 Å². The molecule has 0 spiro atoms. The van der Waals surface area contributed by atoms with Gasteiger partial charge in [0.25, 0.3) is 0 Å². The first-order chi connectivity index (χ1) is 1.91. The second-order valence-electron chi connectivity index (χ2n) is 0.478. The number of hydrogen-bond acceptors (Lipinski definition) is 1. The van der Waals surface area contributed by atoms with E-state index in [-0.39, 0.29) is 17.0 Å². The number of alkyl halides is 1. The smallest absolute Gasteiger partial charge is 0.0154 e. The Morgan fingerprint density at radius 2 is 1.80 bits per heavy atom. The molecule has 0 heterocycles. The van der Waals surface area contributed by atoms with Crippen LogP contribution in [0.1, 0.15) is 0 Å². The number of hydrogen-bond donors (Lipinski definition) is 1. The van der Waals surface area contributed by atoms with Crippen molar-refractivity contribution in [2.75, 3.05) is 11.9 Å². The summed E-state index contributed by atoms with van der Waals surface area (Å²) in [5.41, 5.74) is 4.98. The average molecular weight is 204 g/mol. The first-order valence-corrected chi connectivity index (χ1v) is 2.30. The highest BCUT2D eigenvalue weighted by Crippen LogP contribution is 1.67. The molecule has 0 bridgehead atoms. The normalized spacial score (nSPS) is 6.00. The molecule has 0 radical (unpaired) electrons. The molecule has 0 aromatic heterocycles. The maximum absolute atomic E-state index is 4.98. The maximum atomic E-state index is 4.98. The van der Waals surface area contributed by atoms with Crippen LogP contribution in [0.4, 0.5) is 0 Å². The Bertz CT molecular complexity index is 9.61. The molecule has 0 aliphatic carbocycles. The lowest BCUT2D eigenvalue weighted by atomic mass is 10.8. The van der Waals surface area contributed by atoms with Crippen molar-refractivity contribution >= 4 is 15.9 Å². The minimum atomic E-state index is 0. The lowest BCUT2D eigenvalue weighted by Gasteiger charge is -1.68. The molecule has 0 saturated carbocycles. The predicted molar refractivity (Wildman–Crippen MR) is 22.8 cm³/mol. The maximum Gasteiger partial charge on any atom is 0.0154 e. The number of nitrogens with two attached hydrogens (primary N) is 1. The largest absolute Gasteiger partial charge is 1.00 e. The van der Waals surface area contributed by atoms with Crippen LogP contribution in [0.25, 0.3) is 0 Å². The van der Waals surface area contributed by atoms with Crippen molar-refractivity contribution in [1.82, 2.24) is 0 Å². The van der Waals surface area contributed by atoms with Gasteiger partial charge in [-0.15, -0.1) is 0 Å². The van der Waals surface area contributed by atoms with Crippen molar-refractivity contribution in [3.05, 3.63) is 0 Å². The second kappa shape index (κ2) is 8.87. The highest BCUT2D eigenvalue weighted by Gasteiger charge is 1.57. The fourth-order valence-electron chi connectivity index (χ4n) is 0. The van der Waals surface area contributed by atoms with Crippen LogP contribution in [-0.2, 0) is 0 Å². The molecule has 0 rings (SSSR count). The quantitative estimate of drug-likeness (QED) is 0.463. The van der Waals surface area contributed by atoms with Gasteiger partial charge in [-0.05, 0) is 0 Å². The van der Waals surface area contributed by atoms with E-state index in [1.54, 1.807) is 0 Å². The van der Waals surface area contributed by atoms with E-state index in [9.17, 15) is 0 Å². The molecular formula is C2H6Br2N-. The summed E-state index contributed by atoms with van der Waals surface area (Å²) < 4.78 is 0. The van der Waals surface area contributed by atoms with Gasteiger partial charge in [-0.1, -0.05) is 15.9 Å². The van der Waals surface area contributed by atoms with E-state index in [4.69, 9.17) is 5.73 Å². The van der Waals surface area contributed by atoms with Gasteiger partial charge in [-0.25, -0.2) is 0 Å². The molecule has 34 valence electrons. The zero-order valence-electron chi connectivity index (χ0n) is 2.75. The molecule has 0 unspecified atom stereocenters. The minimum Gasteiger partial charge on any atom is -1.00 e. The third-order valence-electron chi connectivity index (χ3n) is 0.109. The van der Waals surface area contributed by atoms with E-state index in [0.717, 1.165) is 11.9 Å². The van der Waals surface area contributed by atoms with Crippen molar-refractivity contribution in [2.45, 2.75) is 0 Å². The summed E-state index contributed by atoms with van der Waals surface area (Å²) in [6.45, 7) is 0.736. The summed E-state index contributed by atoms with van der Waals surface area (Å²) in [6, 6.07) is 0. The second-order valence-corrected chi connectivity index (χ2v) is 1.27. The van der Waals surface area contributed by atoms with Crippen LogP contribution in [-0.4, -0.2) is 11.9 Å². The van der Waals surface area contributed by atoms with Crippen molar-refractivity contribution < 1.29 is 17.0 Å². The zero-order chi connectivity index (χ0) is 3.41. The summed E-state index contributed by atoms with van der Waals surface area (Å²) >= 11 is 3.12. The minimum absolute atomic E-state index is 0. The summed E-state index contributed by atoms with van der Waals surface area (Å²) in [7, 11) is 0. The van der Waals surface area contributed by atoms with Gasteiger partial charge in [0.1, 0.15) is 0 Å². The predicted octanol–water partition coefficient (Wildman–Crippen LogP) is -2.66. The van der Waals surface area contributed by atoms with E-state index in [2.05, 4.69) is 15.9 Å². The topological polar surface area (TPSA) is 26.0 Å². The fraction of sp³-hybridized carbons (Fsp3) is 1.00. The Kier molecular flexibility index (Phi) is 16.5. The lowest BCUT2D eigenvalue weighted by molar-refractivity contribution is -0.000000878. The van der Waals surface area contributed by atoms with E-state index in [0.29, 0.717) is 0 Å². The van der Waals surface area contributed by atoms with E-state index in [1.165, 1.54) is 0 Å². The molecule has 0 aliphatic heterocycles. The molecular weight excluding hydrogens is 198 g/mol. The number of halogens is 2. The Morgan fingerprint density at radius 1 is 1.60 bits per heavy atom. The van der Waals surface area contributed by atoms with E-state index in [1.807, 2.05) is 0 Å². The van der Waals surface area contributed by atoms with Crippen molar-refractivity contribution in [1.29, 1.82) is 0 Å². The fourth-order valence-corrected chi connectivity index (χ4v) is 0. The average Bonchev–Trinajstić information content (AvgIpc) is 1.37. The summed E-state index contributed by atoms with van der Waals surface area (Å²) in [4.78, 5) is 0. The van der Waals surface area contributed by atoms with Crippen molar-refractivity contribution in [3.8, 4) is 0 Å². The molecule has 5 heavy (non-hydrogen) atoms. The first kappa shape index (κ1) is 9.33. The molecule has 1 nitrogen and oxygen atoms in total. The molecule has 0 saturated heterocycles. The standard InChI is InChI=1S/C2H6BrN.BrH/c3-1-2-4;/h1-2,4H2;1H/p-1. The summed E-state index contributed by atoms with van der Waals surface area (Å²) in [6.07, 6.45) is 0. The molecule has 0 amide bonds. The molecule has 0 aromatic carbocycles. The van der Waals surface area contributed by atoms with Gasteiger partial charge < -0.3 is 22.7 Å². The SMILES string of the molecule is NCCBr.[Br-]. The molecule has 0 fully saturated rings. The lowest BCUT2D eigenvalue weighted by Crippen LogP contribution is -3.00. The van der Waals surface area contributed by atoms with Crippen LogP contribution in [0.3, 0.4) is 0 Å². The van der Waals surface area contributed by atoms with Crippen LogP contribution in [0.5, 0.6) is 0 Å². The van der Waals surface area contributed by atoms with Crippen LogP contribution in [0.2, 0.25) is 0 Å². The van der Waals surface area contributed by atoms with Gasteiger partial charge in [0.15, 0.2) is 0 Å². The monoisotopic (exact) mass is 202 g/mol. The summed E-state index contributed by atoms with van der Waals surface area (Å²) in [5.74, 6) is 0. The molecule has 0 aromatic rings. The van der Waals surface area contributed by atoms with Gasteiger partial charge >= 0.3 is 0 Å². The number of rotatable bonds is 1. The zero-order valence-corrected chi connectivity index (χ0v) is 5.92. The van der Waals surface area contributed by atoms with Crippen molar-refractivity contribution in [2.24, 2.45) is 5.73 Å². The Balaban J connectivity index is 0. The molecule has 2 N–H and O–H groups in total. The Labute approximate surface area is 50.8 Å². The van der Waals surface area contributed by atoms with Crippen LogP contribution < -0.4 is 22.7 Å². The van der Waals surface area contributed by atoms with Gasteiger partial charge in [-0.3, -0.25) is 0 Å². The highest BCUT2D eigenvalue weighted by molar-refractivity contribution is 9.09. The van der Waals surface area contributed by atoms with Crippen molar-refractivity contribution in [3.63, 3.8) is 0 Å². The van der Waals surface area contributed by atoms with Gasteiger partial charge in [0.2, 0.25) is 0 Å². The third kappa shape index (κ3) is 11.4.